The van der Waals surface area contributed by atoms with Gasteiger partial charge in [-0.15, -0.1) is 0 Å². The molecule has 0 radical (unpaired) electrons. The van der Waals surface area contributed by atoms with Crippen molar-refractivity contribution in [3.63, 3.8) is 0 Å². The van der Waals surface area contributed by atoms with Crippen LogP contribution in [0.15, 0.2) is 48.5 Å². The highest BCUT2D eigenvalue weighted by molar-refractivity contribution is 6.10. The Balaban J connectivity index is 1.68. The smallest absolute Gasteiger partial charge is 0.244 e. The molecule has 0 bridgehead atoms. The second kappa shape index (κ2) is 7.36. The van der Waals surface area contributed by atoms with Crippen LogP contribution in [0.4, 0.5) is 11.4 Å². The third kappa shape index (κ3) is 3.97. The Morgan fingerprint density at radius 1 is 1.24 bits per heavy atom. The summed E-state index contributed by atoms with van der Waals surface area (Å²) in [6.07, 6.45) is 0. The number of carbonyl (C=O) groups excluding carboxylic acids is 2. The average molecular weight is 339 g/mol. The lowest BCUT2D eigenvalue weighted by Crippen LogP contribution is -2.45. The van der Waals surface area contributed by atoms with Crippen molar-refractivity contribution in [2.75, 3.05) is 37.5 Å². The van der Waals surface area contributed by atoms with Gasteiger partial charge in [0.05, 0.1) is 25.0 Å². The summed E-state index contributed by atoms with van der Waals surface area (Å²) in [6, 6.07) is 15.1. The van der Waals surface area contributed by atoms with Crippen LogP contribution in [-0.2, 0) is 16.1 Å². The zero-order valence-corrected chi connectivity index (χ0v) is 14.4. The number of amides is 2. The maximum absolute atomic E-state index is 12.7. The number of fused-ring (bicyclic) bond motifs is 1. The lowest BCUT2D eigenvalue weighted by molar-refractivity contribution is -0.122. The summed E-state index contributed by atoms with van der Waals surface area (Å²) in [7, 11) is 3.51. The Bertz CT molecular complexity index is 791. The Morgan fingerprint density at radius 3 is 2.84 bits per heavy atom. The van der Waals surface area contributed by atoms with Crippen LogP contribution in [0.2, 0.25) is 0 Å². The van der Waals surface area contributed by atoms with E-state index in [1.54, 1.807) is 13.2 Å². The van der Waals surface area contributed by atoms with E-state index in [0.717, 1.165) is 17.0 Å². The number of nitrogens with one attached hydrogen (secondary N) is 1. The van der Waals surface area contributed by atoms with Crippen LogP contribution in [0.25, 0.3) is 0 Å². The van der Waals surface area contributed by atoms with Gasteiger partial charge in [0.15, 0.2) is 0 Å². The molecule has 2 aromatic rings. The van der Waals surface area contributed by atoms with Crippen molar-refractivity contribution in [1.82, 2.24) is 4.90 Å². The number of hydrogen-bond donors (Lipinski definition) is 1. The van der Waals surface area contributed by atoms with Crippen molar-refractivity contribution in [3.8, 4) is 5.75 Å². The summed E-state index contributed by atoms with van der Waals surface area (Å²) in [6.45, 7) is 0.881. The average Bonchev–Trinajstić information content (AvgIpc) is 2.60. The second-order valence-electron chi connectivity index (χ2n) is 6.07. The number of hydrogen-bond acceptors (Lipinski definition) is 4. The summed E-state index contributed by atoms with van der Waals surface area (Å²) in [4.78, 5) is 28.0. The molecule has 0 atom stereocenters. The van der Waals surface area contributed by atoms with Gasteiger partial charge in [-0.3, -0.25) is 19.4 Å². The van der Waals surface area contributed by atoms with Gasteiger partial charge < -0.3 is 10.1 Å². The minimum Gasteiger partial charge on any atom is -0.497 e. The first-order chi connectivity index (χ1) is 12.1. The van der Waals surface area contributed by atoms with E-state index in [-0.39, 0.29) is 24.9 Å². The van der Waals surface area contributed by atoms with E-state index in [0.29, 0.717) is 12.2 Å². The fourth-order valence-corrected chi connectivity index (χ4v) is 2.91. The highest BCUT2D eigenvalue weighted by Crippen LogP contribution is 2.28. The molecule has 0 fully saturated rings. The van der Waals surface area contributed by atoms with E-state index in [9.17, 15) is 9.59 Å². The van der Waals surface area contributed by atoms with E-state index >= 15 is 0 Å². The van der Waals surface area contributed by atoms with Crippen LogP contribution >= 0.6 is 0 Å². The first-order valence-corrected chi connectivity index (χ1v) is 8.07. The molecule has 0 unspecified atom stereocenters. The standard InChI is InChI=1S/C19H21N3O3/c1-21(11-14-6-5-7-15(10-14)25-2)13-19(24)22-12-18(23)20-16-8-3-4-9-17(16)22/h3-10H,11-13H2,1-2H3,(H,20,23). The Morgan fingerprint density at radius 2 is 2.04 bits per heavy atom. The molecule has 0 saturated carbocycles. The van der Waals surface area contributed by atoms with E-state index in [2.05, 4.69) is 5.32 Å². The van der Waals surface area contributed by atoms with Crippen LogP contribution < -0.4 is 15.0 Å². The van der Waals surface area contributed by atoms with Crippen LogP contribution in [-0.4, -0.2) is 44.0 Å². The molecule has 1 aliphatic heterocycles. The van der Waals surface area contributed by atoms with Crippen LogP contribution in [0, 0.1) is 0 Å². The van der Waals surface area contributed by atoms with Gasteiger partial charge in [-0.2, -0.15) is 0 Å². The van der Waals surface area contributed by atoms with Gasteiger partial charge >= 0.3 is 0 Å². The lowest BCUT2D eigenvalue weighted by atomic mass is 10.2. The monoisotopic (exact) mass is 339 g/mol. The van der Waals surface area contributed by atoms with E-state index in [1.165, 1.54) is 4.90 Å². The largest absolute Gasteiger partial charge is 0.497 e. The zero-order chi connectivity index (χ0) is 17.8. The fraction of sp³-hybridized carbons (Fsp3) is 0.263. The molecule has 1 heterocycles. The number of carbonyl (C=O) groups is 2. The van der Waals surface area contributed by atoms with Crippen molar-refractivity contribution < 1.29 is 14.3 Å². The molecule has 0 aromatic heterocycles. The molecular weight excluding hydrogens is 318 g/mol. The van der Waals surface area contributed by atoms with Crippen LogP contribution in [0.3, 0.4) is 0 Å². The van der Waals surface area contributed by atoms with Crippen molar-refractivity contribution in [2.45, 2.75) is 6.54 Å². The second-order valence-corrected chi connectivity index (χ2v) is 6.07. The summed E-state index contributed by atoms with van der Waals surface area (Å²) in [5.41, 5.74) is 2.47. The van der Waals surface area contributed by atoms with Crippen LogP contribution in [0.5, 0.6) is 5.75 Å². The van der Waals surface area contributed by atoms with Gasteiger partial charge in [0.1, 0.15) is 12.3 Å². The van der Waals surface area contributed by atoms with Gasteiger partial charge in [-0.25, -0.2) is 0 Å². The maximum Gasteiger partial charge on any atom is 0.244 e. The zero-order valence-electron chi connectivity index (χ0n) is 14.4. The van der Waals surface area contributed by atoms with E-state index in [1.807, 2.05) is 54.4 Å². The molecule has 2 amide bonds. The highest BCUT2D eigenvalue weighted by atomic mass is 16.5. The molecule has 0 saturated heterocycles. The quantitative estimate of drug-likeness (QED) is 0.906. The van der Waals surface area contributed by atoms with Gasteiger partial charge in [0.25, 0.3) is 0 Å². The van der Waals surface area contributed by atoms with Crippen molar-refractivity contribution in [2.24, 2.45) is 0 Å². The summed E-state index contributed by atoms with van der Waals surface area (Å²) >= 11 is 0. The van der Waals surface area contributed by atoms with E-state index < -0.39 is 0 Å². The molecule has 3 rings (SSSR count). The van der Waals surface area contributed by atoms with E-state index in [4.69, 9.17) is 4.74 Å². The molecule has 130 valence electrons. The number of likely N-dealkylation sites (N-methyl/N-ethyl adjacent to an activating group) is 1. The number of rotatable bonds is 5. The molecule has 6 nitrogen and oxygen atoms in total. The molecule has 0 aliphatic carbocycles. The van der Waals surface area contributed by atoms with Crippen LogP contribution in [0.1, 0.15) is 5.56 Å². The normalized spacial score (nSPS) is 13.4. The highest BCUT2D eigenvalue weighted by Gasteiger charge is 2.26. The third-order valence-electron chi connectivity index (χ3n) is 4.06. The molecule has 2 aromatic carbocycles. The summed E-state index contributed by atoms with van der Waals surface area (Å²) < 4.78 is 5.23. The van der Waals surface area contributed by atoms with Gasteiger partial charge in [-0.1, -0.05) is 24.3 Å². The molecule has 25 heavy (non-hydrogen) atoms. The fourth-order valence-electron chi connectivity index (χ4n) is 2.91. The van der Waals surface area contributed by atoms with Crippen molar-refractivity contribution >= 4 is 23.2 Å². The minimum atomic E-state index is -0.178. The minimum absolute atomic E-state index is 0.0445. The van der Waals surface area contributed by atoms with Crippen molar-refractivity contribution in [1.29, 1.82) is 0 Å². The summed E-state index contributed by atoms with van der Waals surface area (Å²) in [5, 5.41) is 2.79. The lowest BCUT2D eigenvalue weighted by Gasteiger charge is -2.30. The first-order valence-electron chi connectivity index (χ1n) is 8.07. The molecule has 0 spiro atoms. The summed E-state index contributed by atoms with van der Waals surface area (Å²) in [5.74, 6) is 0.508. The molecule has 1 N–H and O–H groups in total. The third-order valence-corrected chi connectivity index (χ3v) is 4.06. The van der Waals surface area contributed by atoms with Gasteiger partial charge in [-0.05, 0) is 36.9 Å². The number of anilines is 2. The Hall–Kier alpha value is -2.86. The Kier molecular flexibility index (Phi) is 5.00. The SMILES string of the molecule is COc1cccc(CN(C)CC(=O)N2CC(=O)Nc3ccccc32)c1. The molecule has 6 heteroatoms. The van der Waals surface area contributed by atoms with Crippen molar-refractivity contribution in [3.05, 3.63) is 54.1 Å². The number of ether oxygens (including phenoxy) is 1. The molecular formula is C19H21N3O3. The molecule has 1 aliphatic rings. The number of benzene rings is 2. The van der Waals surface area contributed by atoms with Gasteiger partial charge in [0, 0.05) is 6.54 Å². The Labute approximate surface area is 147 Å². The number of nitrogens with zero attached hydrogens (tertiary/aromatic N) is 2. The predicted molar refractivity (Wildman–Crippen MR) is 96.8 cm³/mol. The number of para-hydroxylation sites is 2. The van der Waals surface area contributed by atoms with Gasteiger partial charge in [0.2, 0.25) is 11.8 Å². The number of methoxy groups -OCH3 is 1. The topological polar surface area (TPSA) is 61.9 Å². The predicted octanol–water partition coefficient (Wildman–Crippen LogP) is 2.11. The first kappa shape index (κ1) is 17.0. The maximum atomic E-state index is 12.7.